The Hall–Kier alpha value is -2.09. The number of Topliss-reactive ketones (excluding diaryl/α,β-unsaturated/α-hetero) is 1. The van der Waals surface area contributed by atoms with Crippen LogP contribution in [0, 0.1) is 18.8 Å². The lowest BCUT2D eigenvalue weighted by molar-refractivity contribution is -0.129. The summed E-state index contributed by atoms with van der Waals surface area (Å²) in [7, 11) is 1.68. The van der Waals surface area contributed by atoms with Gasteiger partial charge in [-0.15, -0.1) is 0 Å². The van der Waals surface area contributed by atoms with Gasteiger partial charge in [0.1, 0.15) is 11.5 Å². The Kier molecular flexibility index (Phi) is 5.34. The summed E-state index contributed by atoms with van der Waals surface area (Å²) >= 11 is 0. The van der Waals surface area contributed by atoms with Crippen molar-refractivity contribution in [3.05, 3.63) is 65.2 Å². The van der Waals surface area contributed by atoms with E-state index < -0.39 is 0 Å². The minimum atomic E-state index is 0.169. The normalized spacial score (nSPS) is 20.8. The Morgan fingerprint density at radius 2 is 1.38 bits per heavy atom. The van der Waals surface area contributed by atoms with Crippen LogP contribution >= 0.6 is 0 Å². The number of carbonyl (C=O) groups excluding carboxylic acids is 1. The molecule has 0 heterocycles. The van der Waals surface area contributed by atoms with Crippen LogP contribution in [0.3, 0.4) is 0 Å². The molecule has 24 heavy (non-hydrogen) atoms. The second-order valence-electron chi connectivity index (χ2n) is 6.97. The molecule has 0 radical (unpaired) electrons. The van der Waals surface area contributed by atoms with Crippen molar-refractivity contribution in [3.63, 3.8) is 0 Å². The van der Waals surface area contributed by atoms with Crippen molar-refractivity contribution in [2.24, 2.45) is 11.8 Å². The maximum atomic E-state index is 12.9. The number of carbonyl (C=O) groups is 1. The van der Waals surface area contributed by atoms with E-state index in [1.165, 1.54) is 16.7 Å². The molecule has 0 aliphatic heterocycles. The third-order valence-electron chi connectivity index (χ3n) is 5.15. The second kappa shape index (κ2) is 7.65. The topological polar surface area (TPSA) is 26.3 Å². The van der Waals surface area contributed by atoms with E-state index in [9.17, 15) is 4.79 Å². The largest absolute Gasteiger partial charge is 0.497 e. The molecule has 2 nitrogen and oxygen atoms in total. The number of ketones is 1. The average molecular weight is 322 g/mol. The fourth-order valence-electron chi connectivity index (χ4n) is 3.69. The number of hydrogen-bond donors (Lipinski definition) is 0. The maximum Gasteiger partial charge on any atom is 0.139 e. The van der Waals surface area contributed by atoms with Gasteiger partial charge in [-0.25, -0.2) is 0 Å². The number of ether oxygens (including phenoxy) is 1. The summed E-state index contributed by atoms with van der Waals surface area (Å²) in [6.45, 7) is 2.10. The van der Waals surface area contributed by atoms with Crippen LogP contribution in [0.25, 0.3) is 0 Å². The molecule has 0 N–H and O–H groups in total. The molecular weight excluding hydrogens is 296 g/mol. The van der Waals surface area contributed by atoms with E-state index in [1.54, 1.807) is 7.11 Å². The summed E-state index contributed by atoms with van der Waals surface area (Å²) in [5.41, 5.74) is 3.78. The van der Waals surface area contributed by atoms with Crippen LogP contribution in [0.15, 0.2) is 48.5 Å². The van der Waals surface area contributed by atoms with Gasteiger partial charge in [0.25, 0.3) is 0 Å². The number of rotatable bonds is 5. The van der Waals surface area contributed by atoms with Gasteiger partial charge in [0.2, 0.25) is 0 Å². The van der Waals surface area contributed by atoms with Crippen LogP contribution in [-0.4, -0.2) is 12.9 Å². The summed E-state index contributed by atoms with van der Waals surface area (Å²) in [5.74, 6) is 1.68. The first kappa shape index (κ1) is 16.8. The first-order valence-electron chi connectivity index (χ1n) is 8.88. The molecule has 2 aromatic rings. The van der Waals surface area contributed by atoms with E-state index in [-0.39, 0.29) is 11.8 Å². The molecule has 1 saturated carbocycles. The van der Waals surface area contributed by atoms with Gasteiger partial charge in [-0.1, -0.05) is 48.4 Å². The highest BCUT2D eigenvalue weighted by molar-refractivity contribution is 5.84. The van der Waals surface area contributed by atoms with E-state index in [0.717, 1.165) is 37.9 Å². The minimum Gasteiger partial charge on any atom is -0.497 e. The number of hydrogen-bond acceptors (Lipinski definition) is 2. The van der Waals surface area contributed by atoms with Gasteiger partial charge in [-0.3, -0.25) is 4.79 Å². The van der Waals surface area contributed by atoms with Crippen molar-refractivity contribution < 1.29 is 9.53 Å². The minimum absolute atomic E-state index is 0.169. The Morgan fingerprint density at radius 1 is 0.875 bits per heavy atom. The summed E-state index contributed by atoms with van der Waals surface area (Å²) in [6, 6.07) is 16.7. The van der Waals surface area contributed by atoms with Crippen LogP contribution in [-0.2, 0) is 17.6 Å². The van der Waals surface area contributed by atoms with Gasteiger partial charge in [0, 0.05) is 11.8 Å². The van der Waals surface area contributed by atoms with Crippen LogP contribution in [0.2, 0.25) is 0 Å². The van der Waals surface area contributed by atoms with Crippen LogP contribution in [0.1, 0.15) is 36.0 Å². The lowest BCUT2D eigenvalue weighted by Gasteiger charge is -2.28. The average Bonchev–Trinajstić information content (AvgIpc) is 2.61. The van der Waals surface area contributed by atoms with E-state index in [0.29, 0.717) is 5.78 Å². The molecule has 0 spiro atoms. The van der Waals surface area contributed by atoms with Crippen LogP contribution < -0.4 is 4.74 Å². The molecular formula is C22H26O2. The molecule has 2 heteroatoms. The molecule has 2 atom stereocenters. The molecule has 0 unspecified atom stereocenters. The third kappa shape index (κ3) is 4.05. The standard InChI is InChI=1S/C22H26O2/c1-16-6-8-17(9-7-16)14-19-4-3-5-20(22(19)23)15-18-10-12-21(24-2)13-11-18/h6-13,19-20H,3-5,14-15H2,1-2H3/t19-,20-/m0/s1. The second-order valence-corrected chi connectivity index (χ2v) is 6.97. The highest BCUT2D eigenvalue weighted by Crippen LogP contribution is 2.31. The molecule has 3 rings (SSSR count). The monoisotopic (exact) mass is 322 g/mol. The Morgan fingerprint density at radius 3 is 1.88 bits per heavy atom. The van der Waals surface area contributed by atoms with Crippen molar-refractivity contribution >= 4 is 5.78 Å². The molecule has 126 valence electrons. The van der Waals surface area contributed by atoms with Gasteiger partial charge in [0.05, 0.1) is 7.11 Å². The fraction of sp³-hybridized carbons (Fsp3) is 0.409. The molecule has 0 saturated heterocycles. The number of benzene rings is 2. The van der Waals surface area contributed by atoms with E-state index in [1.807, 2.05) is 12.1 Å². The molecule has 1 fully saturated rings. The van der Waals surface area contributed by atoms with Crippen LogP contribution in [0.4, 0.5) is 0 Å². The predicted molar refractivity (Wildman–Crippen MR) is 97.4 cm³/mol. The lowest BCUT2D eigenvalue weighted by Crippen LogP contribution is -2.31. The molecule has 0 amide bonds. The van der Waals surface area contributed by atoms with Gasteiger partial charge in [0.15, 0.2) is 0 Å². The van der Waals surface area contributed by atoms with E-state index in [2.05, 4.69) is 43.3 Å². The molecule has 2 aromatic carbocycles. The summed E-state index contributed by atoms with van der Waals surface area (Å²) in [4.78, 5) is 12.9. The first-order chi connectivity index (χ1) is 11.7. The van der Waals surface area contributed by atoms with E-state index >= 15 is 0 Å². The predicted octanol–water partition coefficient (Wildman–Crippen LogP) is 4.77. The zero-order chi connectivity index (χ0) is 16.9. The highest BCUT2D eigenvalue weighted by Gasteiger charge is 2.31. The van der Waals surface area contributed by atoms with Crippen molar-refractivity contribution in [2.75, 3.05) is 7.11 Å². The molecule has 1 aliphatic rings. The van der Waals surface area contributed by atoms with Crippen molar-refractivity contribution in [3.8, 4) is 5.75 Å². The van der Waals surface area contributed by atoms with Gasteiger partial charge >= 0.3 is 0 Å². The van der Waals surface area contributed by atoms with Crippen molar-refractivity contribution in [2.45, 2.75) is 39.0 Å². The van der Waals surface area contributed by atoms with Gasteiger partial charge < -0.3 is 4.74 Å². The van der Waals surface area contributed by atoms with E-state index in [4.69, 9.17) is 4.74 Å². The zero-order valence-corrected chi connectivity index (χ0v) is 14.6. The van der Waals surface area contributed by atoms with Crippen LogP contribution in [0.5, 0.6) is 5.75 Å². The quantitative estimate of drug-likeness (QED) is 0.792. The fourth-order valence-corrected chi connectivity index (χ4v) is 3.69. The first-order valence-corrected chi connectivity index (χ1v) is 8.88. The number of methoxy groups -OCH3 is 1. The van der Waals surface area contributed by atoms with Gasteiger partial charge in [-0.2, -0.15) is 0 Å². The molecule has 1 aliphatic carbocycles. The van der Waals surface area contributed by atoms with Crippen molar-refractivity contribution in [1.82, 2.24) is 0 Å². The summed E-state index contributed by atoms with van der Waals surface area (Å²) in [5, 5.41) is 0. The number of aryl methyl sites for hydroxylation is 1. The smallest absolute Gasteiger partial charge is 0.139 e. The molecule has 0 bridgehead atoms. The SMILES string of the molecule is COc1ccc(C[C@@H]2CCC[C@@H](Cc3ccc(C)cc3)C2=O)cc1. The Labute approximate surface area is 144 Å². The third-order valence-corrected chi connectivity index (χ3v) is 5.15. The summed E-state index contributed by atoms with van der Waals surface area (Å²) < 4.78 is 5.21. The maximum absolute atomic E-state index is 12.9. The zero-order valence-electron chi connectivity index (χ0n) is 14.6. The summed E-state index contributed by atoms with van der Waals surface area (Å²) in [6.07, 6.45) is 4.95. The highest BCUT2D eigenvalue weighted by atomic mass is 16.5. The Balaban J connectivity index is 1.64. The van der Waals surface area contributed by atoms with Crippen molar-refractivity contribution in [1.29, 1.82) is 0 Å². The lowest BCUT2D eigenvalue weighted by atomic mass is 9.75. The Bertz CT molecular complexity index is 670. The van der Waals surface area contributed by atoms with Gasteiger partial charge in [-0.05, 0) is 55.9 Å². The molecule has 0 aromatic heterocycles.